The zero-order valence-electron chi connectivity index (χ0n) is 14.6. The highest BCUT2D eigenvalue weighted by Crippen LogP contribution is 2.42. The number of aromatic hydroxyl groups is 1. The quantitative estimate of drug-likeness (QED) is 0.520. The second-order valence-electron chi connectivity index (χ2n) is 7.03. The number of fused-ring (bicyclic) bond motifs is 2. The van der Waals surface area contributed by atoms with E-state index in [1.54, 1.807) is 30.6 Å². The summed E-state index contributed by atoms with van der Waals surface area (Å²) in [5.41, 5.74) is 0.341. The molecule has 0 saturated heterocycles. The van der Waals surface area contributed by atoms with Crippen molar-refractivity contribution in [1.82, 2.24) is 19.7 Å². The summed E-state index contributed by atoms with van der Waals surface area (Å²) in [6, 6.07) is 8.03. The molecule has 1 fully saturated rings. The normalized spacial score (nSPS) is 15.2. The molecule has 0 amide bonds. The van der Waals surface area contributed by atoms with Crippen molar-refractivity contribution in [3.63, 3.8) is 0 Å². The number of nitrogens with zero attached hydrogens (tertiary/aromatic N) is 3. The minimum atomic E-state index is -0.528. The molecule has 1 atom stereocenters. The largest absolute Gasteiger partial charge is 0.491 e. The molecule has 1 aromatic carbocycles. The van der Waals surface area contributed by atoms with Crippen molar-refractivity contribution < 1.29 is 5.11 Å². The third-order valence-corrected chi connectivity index (χ3v) is 5.43. The Morgan fingerprint density at radius 1 is 1.18 bits per heavy atom. The van der Waals surface area contributed by atoms with Crippen LogP contribution in [0, 0.1) is 5.92 Å². The van der Waals surface area contributed by atoms with Crippen LogP contribution in [0.1, 0.15) is 24.4 Å². The predicted molar refractivity (Wildman–Crippen MR) is 106 cm³/mol. The van der Waals surface area contributed by atoms with Crippen LogP contribution in [-0.2, 0) is 0 Å². The Hall–Kier alpha value is -3.19. The molecule has 0 bridgehead atoms. The van der Waals surface area contributed by atoms with Crippen molar-refractivity contribution in [3.05, 3.63) is 73.9 Å². The summed E-state index contributed by atoms with van der Waals surface area (Å²) < 4.78 is 1.24. The molecule has 1 aliphatic carbocycles. The van der Waals surface area contributed by atoms with Crippen LogP contribution in [0.15, 0.2) is 52.3 Å². The topological polar surface area (TPSA) is 101 Å². The van der Waals surface area contributed by atoms with Gasteiger partial charge >= 0.3 is 0 Å². The number of aromatic nitrogens is 4. The number of benzene rings is 1. The Bertz CT molecular complexity index is 1340. The van der Waals surface area contributed by atoms with Gasteiger partial charge < -0.3 is 10.1 Å². The van der Waals surface area contributed by atoms with Crippen molar-refractivity contribution in [2.75, 3.05) is 0 Å². The SMILES string of the molecule is O=c1c2ccc(Cl)cc2[nH]c2c(O)nn(C(c3ccncc3)C3CC3)c(=O)c12. The number of halogens is 1. The van der Waals surface area contributed by atoms with E-state index in [1.165, 1.54) is 4.68 Å². The van der Waals surface area contributed by atoms with Gasteiger partial charge in [0.15, 0.2) is 0 Å². The fraction of sp³-hybridized carbons (Fsp3) is 0.200. The Morgan fingerprint density at radius 2 is 1.93 bits per heavy atom. The fourth-order valence-electron chi connectivity index (χ4n) is 3.72. The molecule has 1 aliphatic rings. The summed E-state index contributed by atoms with van der Waals surface area (Å²) in [5.74, 6) is -0.170. The van der Waals surface area contributed by atoms with Gasteiger partial charge in [-0.05, 0) is 54.7 Å². The molecule has 140 valence electrons. The average molecular weight is 395 g/mol. The van der Waals surface area contributed by atoms with Crippen LogP contribution in [-0.4, -0.2) is 24.9 Å². The summed E-state index contributed by atoms with van der Waals surface area (Å²) in [4.78, 5) is 33.3. The number of nitrogens with one attached hydrogen (secondary N) is 1. The third kappa shape index (κ3) is 2.58. The summed E-state index contributed by atoms with van der Waals surface area (Å²) in [6.07, 6.45) is 5.21. The average Bonchev–Trinajstić information content (AvgIpc) is 3.51. The van der Waals surface area contributed by atoms with E-state index in [0.29, 0.717) is 15.9 Å². The van der Waals surface area contributed by atoms with E-state index in [4.69, 9.17) is 11.6 Å². The molecule has 1 saturated carbocycles. The third-order valence-electron chi connectivity index (χ3n) is 5.19. The van der Waals surface area contributed by atoms with Crippen LogP contribution in [0.2, 0.25) is 5.02 Å². The summed E-state index contributed by atoms with van der Waals surface area (Å²) in [7, 11) is 0. The first-order valence-electron chi connectivity index (χ1n) is 8.91. The minimum absolute atomic E-state index is 0.0188. The first-order valence-corrected chi connectivity index (χ1v) is 9.29. The number of hydrogen-bond acceptors (Lipinski definition) is 5. The van der Waals surface area contributed by atoms with Gasteiger partial charge in [-0.25, -0.2) is 4.68 Å². The van der Waals surface area contributed by atoms with Gasteiger partial charge in [0.05, 0.1) is 11.6 Å². The molecule has 7 nitrogen and oxygen atoms in total. The van der Waals surface area contributed by atoms with Crippen LogP contribution in [0.25, 0.3) is 21.8 Å². The summed E-state index contributed by atoms with van der Waals surface area (Å²) in [5, 5.41) is 15.3. The molecule has 0 radical (unpaired) electrons. The summed E-state index contributed by atoms with van der Waals surface area (Å²) >= 11 is 6.00. The van der Waals surface area contributed by atoms with Gasteiger partial charge in [-0.1, -0.05) is 11.6 Å². The fourth-order valence-corrected chi connectivity index (χ4v) is 3.89. The second-order valence-corrected chi connectivity index (χ2v) is 7.47. The van der Waals surface area contributed by atoms with E-state index in [9.17, 15) is 14.7 Å². The van der Waals surface area contributed by atoms with Crippen molar-refractivity contribution in [3.8, 4) is 5.88 Å². The van der Waals surface area contributed by atoms with Crippen molar-refractivity contribution in [2.45, 2.75) is 18.9 Å². The van der Waals surface area contributed by atoms with Gasteiger partial charge in [0.2, 0.25) is 5.43 Å². The van der Waals surface area contributed by atoms with E-state index < -0.39 is 16.9 Å². The number of pyridine rings is 2. The molecule has 3 aromatic heterocycles. The van der Waals surface area contributed by atoms with E-state index in [1.807, 2.05) is 12.1 Å². The maximum atomic E-state index is 13.3. The monoisotopic (exact) mass is 394 g/mol. The van der Waals surface area contributed by atoms with Crippen molar-refractivity contribution >= 4 is 33.4 Å². The molecule has 3 heterocycles. The Labute approximate surface area is 163 Å². The Morgan fingerprint density at radius 3 is 2.64 bits per heavy atom. The number of hydrogen-bond donors (Lipinski definition) is 2. The molecule has 8 heteroatoms. The second kappa shape index (κ2) is 6.17. The van der Waals surface area contributed by atoms with Gasteiger partial charge in [-0.2, -0.15) is 0 Å². The minimum Gasteiger partial charge on any atom is -0.491 e. The van der Waals surface area contributed by atoms with Gasteiger partial charge in [0, 0.05) is 22.8 Å². The van der Waals surface area contributed by atoms with E-state index >= 15 is 0 Å². The maximum Gasteiger partial charge on any atom is 0.281 e. The summed E-state index contributed by atoms with van der Waals surface area (Å²) in [6.45, 7) is 0. The molecular weight excluding hydrogens is 380 g/mol. The standard InChI is InChI=1S/C20H15ClN4O3/c21-12-3-4-13-14(9-12)23-16-15(18(13)26)20(28)25(24-19(16)27)17(10-1-2-10)11-5-7-22-8-6-11/h3-10,17H,1-2H2,(H,23,26)(H,24,27). The lowest BCUT2D eigenvalue weighted by Crippen LogP contribution is -2.32. The first-order chi connectivity index (χ1) is 13.5. The molecule has 4 aromatic rings. The van der Waals surface area contributed by atoms with Gasteiger partial charge in [-0.3, -0.25) is 14.6 Å². The molecular formula is C20H15ClN4O3. The van der Waals surface area contributed by atoms with Gasteiger partial charge in [0.25, 0.3) is 11.4 Å². The smallest absolute Gasteiger partial charge is 0.281 e. The lowest BCUT2D eigenvalue weighted by atomic mass is 10.0. The van der Waals surface area contributed by atoms with E-state index in [0.717, 1.165) is 18.4 Å². The molecule has 0 spiro atoms. The predicted octanol–water partition coefficient (Wildman–Crippen LogP) is 2.99. The zero-order chi connectivity index (χ0) is 19.4. The van der Waals surface area contributed by atoms with Crippen LogP contribution in [0.5, 0.6) is 5.88 Å². The highest BCUT2D eigenvalue weighted by molar-refractivity contribution is 6.31. The zero-order valence-corrected chi connectivity index (χ0v) is 15.3. The van der Waals surface area contributed by atoms with Crippen LogP contribution in [0.3, 0.4) is 0 Å². The first kappa shape index (κ1) is 16.9. The van der Waals surface area contributed by atoms with E-state index in [2.05, 4.69) is 15.1 Å². The highest BCUT2D eigenvalue weighted by atomic mass is 35.5. The Balaban J connectivity index is 1.84. The lowest BCUT2D eigenvalue weighted by molar-refractivity contribution is 0.391. The van der Waals surface area contributed by atoms with E-state index in [-0.39, 0.29) is 22.9 Å². The highest BCUT2D eigenvalue weighted by Gasteiger charge is 2.36. The van der Waals surface area contributed by atoms with Gasteiger partial charge in [-0.15, -0.1) is 5.10 Å². The number of H-pyrrole nitrogens is 1. The molecule has 5 rings (SSSR count). The maximum absolute atomic E-state index is 13.3. The number of rotatable bonds is 3. The molecule has 1 unspecified atom stereocenters. The van der Waals surface area contributed by atoms with Crippen LogP contribution >= 0.6 is 11.6 Å². The molecule has 0 aliphatic heterocycles. The van der Waals surface area contributed by atoms with Gasteiger partial charge in [0.1, 0.15) is 10.9 Å². The van der Waals surface area contributed by atoms with Crippen LogP contribution < -0.4 is 11.0 Å². The van der Waals surface area contributed by atoms with Crippen molar-refractivity contribution in [2.24, 2.45) is 5.92 Å². The lowest BCUT2D eigenvalue weighted by Gasteiger charge is -2.19. The van der Waals surface area contributed by atoms with Crippen LogP contribution in [0.4, 0.5) is 0 Å². The van der Waals surface area contributed by atoms with Crippen molar-refractivity contribution in [1.29, 1.82) is 0 Å². The molecule has 28 heavy (non-hydrogen) atoms. The number of aromatic amines is 1. The Kier molecular flexibility index (Phi) is 3.73. The molecule has 2 N–H and O–H groups in total.